The van der Waals surface area contributed by atoms with Crippen molar-refractivity contribution in [3.8, 4) is 0 Å². The maximum Gasteiger partial charge on any atom is 0.317 e. The number of H-pyrrole nitrogens is 1. The fraction of sp³-hybridized carbons (Fsp3) is 0.391. The summed E-state index contributed by atoms with van der Waals surface area (Å²) in [6.07, 6.45) is 4.44. The Morgan fingerprint density at radius 2 is 2.12 bits per heavy atom. The van der Waals surface area contributed by atoms with Gasteiger partial charge in [-0.3, -0.25) is 4.79 Å². The summed E-state index contributed by atoms with van der Waals surface area (Å²) in [5, 5.41) is 9.84. The molecular formula is C23H29N7O2. The number of urea groups is 1. The van der Waals surface area contributed by atoms with E-state index in [4.69, 9.17) is 0 Å². The van der Waals surface area contributed by atoms with Gasteiger partial charge < -0.3 is 25.8 Å². The molecule has 4 rings (SSSR count). The predicted molar refractivity (Wildman–Crippen MR) is 127 cm³/mol. The van der Waals surface area contributed by atoms with Gasteiger partial charge in [0.1, 0.15) is 11.2 Å². The van der Waals surface area contributed by atoms with Crippen LogP contribution in [-0.2, 0) is 0 Å². The van der Waals surface area contributed by atoms with Gasteiger partial charge in [0.2, 0.25) is 5.95 Å². The molecule has 0 aliphatic carbocycles. The number of hydrogen-bond acceptors (Lipinski definition) is 6. The third kappa shape index (κ3) is 4.99. The number of hydrogen-bond donors (Lipinski definition) is 4. The Bertz CT molecular complexity index is 1160. The smallest absolute Gasteiger partial charge is 0.317 e. The number of aryl methyl sites for hydroxylation is 1. The lowest BCUT2D eigenvalue weighted by Crippen LogP contribution is -2.42. The average molecular weight is 436 g/mol. The molecule has 3 heterocycles. The Morgan fingerprint density at radius 3 is 2.91 bits per heavy atom. The molecule has 9 nitrogen and oxygen atoms in total. The highest BCUT2D eigenvalue weighted by molar-refractivity contribution is 5.90. The van der Waals surface area contributed by atoms with Crippen LogP contribution in [-0.4, -0.2) is 51.6 Å². The van der Waals surface area contributed by atoms with Crippen molar-refractivity contribution < 1.29 is 4.79 Å². The highest BCUT2D eigenvalue weighted by Crippen LogP contribution is 2.23. The van der Waals surface area contributed by atoms with Gasteiger partial charge in [0.15, 0.2) is 0 Å². The van der Waals surface area contributed by atoms with E-state index in [0.29, 0.717) is 41.8 Å². The molecule has 0 spiro atoms. The number of pyridine rings is 1. The summed E-state index contributed by atoms with van der Waals surface area (Å²) in [7, 11) is 0. The van der Waals surface area contributed by atoms with Crippen molar-refractivity contribution in [3.63, 3.8) is 0 Å². The van der Waals surface area contributed by atoms with Crippen LogP contribution >= 0.6 is 0 Å². The molecule has 0 bridgehead atoms. The zero-order valence-electron chi connectivity index (χ0n) is 18.4. The van der Waals surface area contributed by atoms with Crippen molar-refractivity contribution in [1.82, 2.24) is 25.2 Å². The molecule has 2 aromatic heterocycles. The van der Waals surface area contributed by atoms with Gasteiger partial charge >= 0.3 is 6.03 Å². The molecule has 2 amide bonds. The van der Waals surface area contributed by atoms with Gasteiger partial charge in [-0.25, -0.2) is 9.78 Å². The third-order valence-electron chi connectivity index (χ3n) is 5.63. The van der Waals surface area contributed by atoms with Crippen molar-refractivity contribution in [1.29, 1.82) is 0 Å². The van der Waals surface area contributed by atoms with Crippen molar-refractivity contribution in [3.05, 3.63) is 52.4 Å². The number of aromatic amines is 1. The average Bonchev–Trinajstić information content (AvgIpc) is 3.19. The first-order valence-electron chi connectivity index (χ1n) is 11.0. The molecular weight excluding hydrogens is 406 g/mol. The van der Waals surface area contributed by atoms with Gasteiger partial charge in [-0.05, 0) is 56.9 Å². The Hall–Kier alpha value is -3.62. The molecule has 1 saturated heterocycles. The summed E-state index contributed by atoms with van der Waals surface area (Å²) in [5.74, 6) is 0.874. The van der Waals surface area contributed by atoms with E-state index in [1.807, 2.05) is 36.1 Å². The van der Waals surface area contributed by atoms with E-state index in [0.717, 1.165) is 37.1 Å². The van der Waals surface area contributed by atoms with Gasteiger partial charge in [-0.2, -0.15) is 4.98 Å². The van der Waals surface area contributed by atoms with Crippen LogP contribution < -0.4 is 21.5 Å². The fourth-order valence-corrected chi connectivity index (χ4v) is 3.94. The minimum atomic E-state index is -0.247. The van der Waals surface area contributed by atoms with Gasteiger partial charge in [0.25, 0.3) is 5.56 Å². The SMILES string of the molecule is Cc1cccc(Nc2nc(NCCCNC(=O)N3CCC[C@H]3C)nc3cc[nH]c(=O)c23)c1. The normalized spacial score (nSPS) is 15.7. The van der Waals surface area contributed by atoms with E-state index in [1.54, 1.807) is 12.3 Å². The van der Waals surface area contributed by atoms with E-state index in [-0.39, 0.29) is 11.6 Å². The topological polar surface area (TPSA) is 115 Å². The lowest BCUT2D eigenvalue weighted by atomic mass is 10.2. The van der Waals surface area contributed by atoms with Crippen LogP contribution in [0.1, 0.15) is 31.7 Å². The van der Waals surface area contributed by atoms with Crippen molar-refractivity contribution in [2.24, 2.45) is 0 Å². The Morgan fingerprint density at radius 1 is 1.25 bits per heavy atom. The molecule has 1 fully saturated rings. The molecule has 1 aliphatic heterocycles. The first-order chi connectivity index (χ1) is 15.5. The number of fused-ring (bicyclic) bond motifs is 1. The van der Waals surface area contributed by atoms with Crippen molar-refractivity contribution >= 4 is 34.4 Å². The van der Waals surface area contributed by atoms with Crippen LogP contribution in [0.4, 0.5) is 22.2 Å². The zero-order chi connectivity index (χ0) is 22.5. The molecule has 1 aliphatic rings. The molecule has 3 aromatic rings. The molecule has 0 unspecified atom stereocenters. The summed E-state index contributed by atoms with van der Waals surface area (Å²) in [6, 6.07) is 9.93. The number of aromatic nitrogens is 3. The number of nitrogens with zero attached hydrogens (tertiary/aromatic N) is 3. The number of rotatable bonds is 7. The standard InChI is InChI=1S/C23H29N7O2/c1-15-6-3-8-17(14-15)27-20-19-18(9-12-24-21(19)31)28-22(29-20)25-10-5-11-26-23(32)30-13-4-7-16(30)2/h3,6,8-9,12,14,16H,4-5,7,10-11,13H2,1-2H3,(H,24,31)(H,26,32)(H2,25,27,28,29)/t16-/m1/s1. The number of carbonyl (C=O) groups is 1. The van der Waals surface area contributed by atoms with Crippen LogP contribution in [0.3, 0.4) is 0 Å². The van der Waals surface area contributed by atoms with E-state index in [2.05, 4.69) is 37.8 Å². The van der Waals surface area contributed by atoms with Gasteiger partial charge in [0, 0.05) is 37.6 Å². The second-order valence-electron chi connectivity index (χ2n) is 8.15. The molecule has 0 saturated carbocycles. The molecule has 4 N–H and O–H groups in total. The second-order valence-corrected chi connectivity index (χ2v) is 8.15. The number of nitrogens with one attached hydrogen (secondary N) is 4. The number of carbonyl (C=O) groups excluding carboxylic acids is 1. The van der Waals surface area contributed by atoms with Crippen molar-refractivity contribution in [2.45, 2.75) is 39.2 Å². The van der Waals surface area contributed by atoms with Crippen LogP contribution in [0.25, 0.3) is 10.9 Å². The van der Waals surface area contributed by atoms with E-state index in [9.17, 15) is 9.59 Å². The van der Waals surface area contributed by atoms with Crippen molar-refractivity contribution in [2.75, 3.05) is 30.3 Å². The second kappa shape index (κ2) is 9.67. The van der Waals surface area contributed by atoms with Crippen LogP contribution in [0.15, 0.2) is 41.3 Å². The summed E-state index contributed by atoms with van der Waals surface area (Å²) in [5.41, 5.74) is 2.25. The van der Waals surface area contributed by atoms with E-state index >= 15 is 0 Å². The highest BCUT2D eigenvalue weighted by atomic mass is 16.2. The van der Waals surface area contributed by atoms with Crippen LogP contribution in [0.5, 0.6) is 0 Å². The van der Waals surface area contributed by atoms with Gasteiger partial charge in [-0.15, -0.1) is 0 Å². The van der Waals surface area contributed by atoms with Gasteiger partial charge in [-0.1, -0.05) is 12.1 Å². The lowest BCUT2D eigenvalue weighted by Gasteiger charge is -2.21. The van der Waals surface area contributed by atoms with E-state index < -0.39 is 0 Å². The summed E-state index contributed by atoms with van der Waals surface area (Å²) >= 11 is 0. The Balaban J connectivity index is 1.41. The number of amides is 2. The monoisotopic (exact) mass is 435 g/mol. The van der Waals surface area contributed by atoms with E-state index in [1.165, 1.54) is 0 Å². The zero-order valence-corrected chi connectivity index (χ0v) is 18.4. The molecule has 0 radical (unpaired) electrons. The summed E-state index contributed by atoms with van der Waals surface area (Å²) in [4.78, 5) is 38.3. The first kappa shape index (κ1) is 21.6. The predicted octanol–water partition coefficient (Wildman–Crippen LogP) is 3.37. The maximum absolute atomic E-state index is 12.4. The Kier molecular flexibility index (Phi) is 6.53. The van der Waals surface area contributed by atoms with Gasteiger partial charge in [0.05, 0.1) is 5.52 Å². The summed E-state index contributed by atoms with van der Waals surface area (Å²) in [6.45, 7) is 6.07. The highest BCUT2D eigenvalue weighted by Gasteiger charge is 2.24. The quantitative estimate of drug-likeness (QED) is 0.423. The molecule has 32 heavy (non-hydrogen) atoms. The molecule has 1 aromatic carbocycles. The van der Waals surface area contributed by atoms with Crippen LogP contribution in [0, 0.1) is 6.92 Å². The number of likely N-dealkylation sites (tertiary alicyclic amines) is 1. The number of anilines is 3. The van der Waals surface area contributed by atoms with Crippen LogP contribution in [0.2, 0.25) is 0 Å². The Labute approximate surface area is 186 Å². The summed E-state index contributed by atoms with van der Waals surface area (Å²) < 4.78 is 0. The minimum absolute atomic E-state index is 0.000760. The maximum atomic E-state index is 12.4. The number of benzene rings is 1. The lowest BCUT2D eigenvalue weighted by molar-refractivity contribution is 0.196. The molecule has 9 heteroatoms. The molecule has 168 valence electrons. The third-order valence-corrected chi connectivity index (χ3v) is 5.63. The molecule has 1 atom stereocenters. The fourth-order valence-electron chi connectivity index (χ4n) is 3.94. The largest absolute Gasteiger partial charge is 0.354 e. The first-order valence-corrected chi connectivity index (χ1v) is 11.0. The minimum Gasteiger partial charge on any atom is -0.354 e.